The number of aryl methyl sites for hydroxylation is 3. The Labute approximate surface area is 253 Å². The molecule has 1 heterocycles. The number of fused-ring (bicyclic) bond motifs is 1. The Morgan fingerprint density at radius 2 is 1.95 bits per heavy atom. The first-order chi connectivity index (χ1) is 20.7. The van der Waals surface area contributed by atoms with Gasteiger partial charge >= 0.3 is 0 Å². The average Bonchev–Trinajstić information content (AvgIpc) is 3.68. The van der Waals surface area contributed by atoms with Gasteiger partial charge in [-0.1, -0.05) is 25.1 Å². The normalized spacial score (nSPS) is 21.7. The summed E-state index contributed by atoms with van der Waals surface area (Å²) in [5.41, 5.74) is 13.7. The van der Waals surface area contributed by atoms with Gasteiger partial charge in [0.25, 0.3) is 5.91 Å². The Hall–Kier alpha value is -4.27. The number of nitrogens with one attached hydrogen (secondary N) is 3. The SMILES string of the molecule is CNC(=O)c1ccc(C)c(CCc2cc(C=O)ccc2C(CCNCC(=O)N2C3C(CC[C@H]2C#N)[C@@H]3C)/C(N)=N/NN)c1. The molecule has 1 aliphatic carbocycles. The van der Waals surface area contributed by atoms with Crippen molar-refractivity contribution in [3.63, 3.8) is 0 Å². The van der Waals surface area contributed by atoms with Crippen LogP contribution in [0.5, 0.6) is 0 Å². The number of nitriles is 1. The van der Waals surface area contributed by atoms with Crippen molar-refractivity contribution in [2.75, 3.05) is 20.1 Å². The van der Waals surface area contributed by atoms with Crippen molar-refractivity contribution >= 4 is 23.9 Å². The fourth-order valence-corrected chi connectivity index (χ4v) is 6.48. The van der Waals surface area contributed by atoms with Gasteiger partial charge in [0.1, 0.15) is 18.2 Å². The van der Waals surface area contributed by atoms with E-state index in [1.165, 1.54) is 0 Å². The number of aldehydes is 1. The molecule has 4 rings (SSSR count). The van der Waals surface area contributed by atoms with E-state index in [0.717, 1.165) is 41.4 Å². The fourth-order valence-electron chi connectivity index (χ4n) is 6.48. The number of nitrogens with two attached hydrogens (primary N) is 2. The van der Waals surface area contributed by atoms with Crippen molar-refractivity contribution in [1.29, 1.82) is 5.26 Å². The Kier molecular flexibility index (Phi) is 10.5. The van der Waals surface area contributed by atoms with E-state index in [1.54, 1.807) is 24.1 Å². The van der Waals surface area contributed by atoms with Gasteiger partial charge in [-0.2, -0.15) is 10.4 Å². The maximum Gasteiger partial charge on any atom is 0.251 e. The molecule has 2 amide bonds. The van der Waals surface area contributed by atoms with Gasteiger partial charge in [0.15, 0.2) is 0 Å². The van der Waals surface area contributed by atoms with Crippen LogP contribution < -0.4 is 27.7 Å². The summed E-state index contributed by atoms with van der Waals surface area (Å²) in [5.74, 6) is 6.14. The molecule has 11 nitrogen and oxygen atoms in total. The Bertz CT molecular complexity index is 1420. The summed E-state index contributed by atoms with van der Waals surface area (Å²) in [5, 5.41) is 19.6. The highest BCUT2D eigenvalue weighted by atomic mass is 16.2. The van der Waals surface area contributed by atoms with Crippen LogP contribution in [0.15, 0.2) is 41.5 Å². The summed E-state index contributed by atoms with van der Waals surface area (Å²) < 4.78 is 0. The lowest BCUT2D eigenvalue weighted by molar-refractivity contribution is -0.133. The second-order valence-electron chi connectivity index (χ2n) is 11.5. The van der Waals surface area contributed by atoms with Crippen molar-refractivity contribution in [2.45, 2.75) is 64.0 Å². The topological polar surface area (TPSA) is 179 Å². The predicted octanol–water partition coefficient (Wildman–Crippen LogP) is 1.90. The molecule has 11 heteroatoms. The minimum absolute atomic E-state index is 0.0576. The third-order valence-electron chi connectivity index (χ3n) is 9.00. The van der Waals surface area contributed by atoms with Gasteiger partial charge in [0.2, 0.25) is 5.91 Å². The van der Waals surface area contributed by atoms with E-state index in [9.17, 15) is 19.6 Å². The van der Waals surface area contributed by atoms with Gasteiger partial charge in [0.05, 0.1) is 12.6 Å². The number of rotatable bonds is 13. The zero-order valence-electron chi connectivity index (χ0n) is 25.1. The van der Waals surface area contributed by atoms with Crippen LogP contribution in [-0.2, 0) is 17.6 Å². The van der Waals surface area contributed by atoms with Crippen LogP contribution in [-0.4, -0.2) is 61.1 Å². The molecule has 0 bridgehead atoms. The van der Waals surface area contributed by atoms with Crippen LogP contribution in [0.2, 0.25) is 0 Å². The maximum atomic E-state index is 13.1. The van der Waals surface area contributed by atoms with E-state index in [4.69, 9.17) is 11.6 Å². The molecule has 3 unspecified atom stereocenters. The number of benzene rings is 2. The van der Waals surface area contributed by atoms with Crippen LogP contribution in [0, 0.1) is 30.1 Å². The second-order valence-corrected chi connectivity index (χ2v) is 11.5. The largest absolute Gasteiger partial charge is 0.385 e. The first-order valence-electron chi connectivity index (χ1n) is 14.8. The number of amidine groups is 1. The third kappa shape index (κ3) is 7.21. The van der Waals surface area contributed by atoms with Gasteiger partial charge < -0.3 is 21.3 Å². The van der Waals surface area contributed by atoms with Gasteiger partial charge in [0, 0.05) is 30.1 Å². The van der Waals surface area contributed by atoms with E-state index in [-0.39, 0.29) is 42.2 Å². The highest BCUT2D eigenvalue weighted by Crippen LogP contribution is 2.50. The summed E-state index contributed by atoms with van der Waals surface area (Å²) in [6, 6.07) is 13.2. The van der Waals surface area contributed by atoms with Crippen molar-refractivity contribution < 1.29 is 14.4 Å². The molecule has 2 aromatic rings. The van der Waals surface area contributed by atoms with E-state index < -0.39 is 0 Å². The molecule has 0 spiro atoms. The smallest absolute Gasteiger partial charge is 0.251 e. The zero-order chi connectivity index (χ0) is 31.1. The monoisotopic (exact) mass is 586 g/mol. The van der Waals surface area contributed by atoms with E-state index >= 15 is 0 Å². The molecule has 2 aliphatic rings. The number of amides is 2. The molecule has 43 heavy (non-hydrogen) atoms. The van der Waals surface area contributed by atoms with Gasteiger partial charge in [-0.05, 0) is 97.9 Å². The lowest BCUT2D eigenvalue weighted by atomic mass is 9.86. The van der Waals surface area contributed by atoms with Crippen LogP contribution in [0.1, 0.15) is 75.1 Å². The van der Waals surface area contributed by atoms with Crippen LogP contribution in [0.4, 0.5) is 0 Å². The number of hydrazone groups is 1. The Morgan fingerprint density at radius 1 is 1.19 bits per heavy atom. The molecule has 2 fully saturated rings. The third-order valence-corrected chi connectivity index (χ3v) is 9.00. The molecule has 1 aliphatic heterocycles. The number of hydrogen-bond acceptors (Lipinski definition) is 8. The van der Waals surface area contributed by atoms with Gasteiger partial charge in [-0.25, -0.2) is 11.4 Å². The molecular formula is C32H42N8O3. The van der Waals surface area contributed by atoms with Crippen LogP contribution in [0.3, 0.4) is 0 Å². The number of likely N-dealkylation sites (tertiary alicyclic amines) is 1. The first-order valence-corrected chi connectivity index (χ1v) is 14.8. The van der Waals surface area contributed by atoms with E-state index in [1.807, 2.05) is 31.2 Å². The number of hydrazine groups is 1. The summed E-state index contributed by atoms with van der Waals surface area (Å²) >= 11 is 0. The molecule has 7 N–H and O–H groups in total. The van der Waals surface area contributed by atoms with Gasteiger partial charge in [-0.15, -0.1) is 0 Å². The van der Waals surface area contributed by atoms with Crippen LogP contribution in [0.25, 0.3) is 0 Å². The van der Waals surface area contributed by atoms with E-state index in [0.29, 0.717) is 48.8 Å². The molecule has 228 valence electrons. The lowest BCUT2D eigenvalue weighted by Gasteiger charge is -2.31. The Morgan fingerprint density at radius 3 is 2.65 bits per heavy atom. The first kappa shape index (κ1) is 31.7. The highest BCUT2D eigenvalue weighted by Gasteiger charge is 2.56. The quantitative estimate of drug-likeness (QED) is 0.0590. The molecule has 1 saturated heterocycles. The second kappa shape index (κ2) is 14.3. The molecule has 1 saturated carbocycles. The number of carbonyl (C=O) groups excluding carboxylic acids is 3. The molecule has 5 atom stereocenters. The number of carbonyl (C=O) groups is 3. The van der Waals surface area contributed by atoms with Crippen molar-refractivity contribution in [3.8, 4) is 6.07 Å². The lowest BCUT2D eigenvalue weighted by Crippen LogP contribution is -2.48. The summed E-state index contributed by atoms with van der Waals surface area (Å²) in [6.07, 6.45) is 4.31. The fraction of sp³-hybridized carbons (Fsp3) is 0.469. The molecule has 2 aromatic carbocycles. The number of hydrogen-bond donors (Lipinski definition) is 5. The summed E-state index contributed by atoms with van der Waals surface area (Å²) in [6.45, 7) is 4.75. The predicted molar refractivity (Wildman–Crippen MR) is 165 cm³/mol. The minimum Gasteiger partial charge on any atom is -0.385 e. The summed E-state index contributed by atoms with van der Waals surface area (Å²) in [4.78, 5) is 38.8. The maximum absolute atomic E-state index is 13.1. The van der Waals surface area contributed by atoms with Crippen molar-refractivity contribution in [3.05, 3.63) is 69.8 Å². The standard InChI is InChI=1S/C32H42N8O3/c1-19-4-6-24(32(43)36-3)15-22(19)7-8-23-14-21(18-41)5-10-27(23)28(31(34)38-39-35)12-13-37-17-29(42)40-25(16-33)9-11-26-20(2)30(26)40/h4-6,10,14-15,18,20,25-26,28,30,37,39H,7-9,11-13,17,35H2,1-3H3,(H2,34,38)(H,36,43)/t20-,25-,26?,28?,30?/m0/s1. The minimum atomic E-state index is -0.369. The van der Waals surface area contributed by atoms with Crippen molar-refractivity contribution in [1.82, 2.24) is 21.1 Å². The zero-order valence-corrected chi connectivity index (χ0v) is 25.1. The highest BCUT2D eigenvalue weighted by molar-refractivity contribution is 5.94. The Balaban J connectivity index is 1.48. The molecule has 0 radical (unpaired) electrons. The van der Waals surface area contributed by atoms with E-state index in [2.05, 4.69) is 34.3 Å². The van der Waals surface area contributed by atoms with Crippen LogP contribution >= 0.6 is 0 Å². The average molecular weight is 587 g/mol. The van der Waals surface area contributed by atoms with Gasteiger partial charge in [-0.3, -0.25) is 14.4 Å². The number of piperidine rings is 1. The molecular weight excluding hydrogens is 544 g/mol. The number of nitrogens with zero attached hydrogens (tertiary/aromatic N) is 3. The van der Waals surface area contributed by atoms with Crippen molar-refractivity contribution in [2.24, 2.45) is 28.5 Å². The summed E-state index contributed by atoms with van der Waals surface area (Å²) in [7, 11) is 1.60. The molecule has 0 aromatic heterocycles.